The highest BCUT2D eigenvalue weighted by atomic mass is 16.1. The highest BCUT2D eigenvalue weighted by Gasteiger charge is 2.33. The number of hydrogen-bond donors (Lipinski definition) is 2. The monoisotopic (exact) mass is 274 g/mol. The molecule has 3 nitrogen and oxygen atoms in total. The Hall–Kier alpha value is -1.51. The highest BCUT2D eigenvalue weighted by Crippen LogP contribution is 2.35. The van der Waals surface area contributed by atoms with Crippen molar-refractivity contribution in [1.82, 2.24) is 5.32 Å². The predicted octanol–water partition coefficient (Wildman–Crippen LogP) is 3.82. The topological polar surface area (TPSA) is 41.1 Å². The average molecular weight is 274 g/mol. The van der Waals surface area contributed by atoms with Gasteiger partial charge in [-0.15, -0.1) is 0 Å². The maximum Gasteiger partial charge on any atom is 0.253 e. The van der Waals surface area contributed by atoms with E-state index >= 15 is 0 Å². The number of carbonyl (C=O) groups excluding carboxylic acids is 1. The van der Waals surface area contributed by atoms with Crippen molar-refractivity contribution < 1.29 is 4.79 Å². The van der Waals surface area contributed by atoms with Crippen molar-refractivity contribution in [3.05, 3.63) is 29.8 Å². The minimum atomic E-state index is 0.0431. The first kappa shape index (κ1) is 14.9. The molecule has 1 aromatic carbocycles. The molecule has 1 unspecified atom stereocenters. The number of amides is 1. The van der Waals surface area contributed by atoms with Gasteiger partial charge in [-0.25, -0.2) is 0 Å². The van der Waals surface area contributed by atoms with Crippen LogP contribution in [-0.4, -0.2) is 18.5 Å². The van der Waals surface area contributed by atoms with Crippen LogP contribution in [0.3, 0.4) is 0 Å². The molecule has 1 aliphatic carbocycles. The summed E-state index contributed by atoms with van der Waals surface area (Å²) in [5.41, 5.74) is 1.86. The summed E-state index contributed by atoms with van der Waals surface area (Å²) in [6.45, 7) is 7.37. The Kier molecular flexibility index (Phi) is 4.69. The van der Waals surface area contributed by atoms with Crippen LogP contribution >= 0.6 is 0 Å². The van der Waals surface area contributed by atoms with Crippen LogP contribution in [0.4, 0.5) is 5.69 Å². The van der Waals surface area contributed by atoms with Gasteiger partial charge in [0.1, 0.15) is 0 Å². The van der Waals surface area contributed by atoms with Gasteiger partial charge in [-0.3, -0.25) is 4.79 Å². The van der Waals surface area contributed by atoms with Crippen molar-refractivity contribution in [2.75, 3.05) is 11.9 Å². The van der Waals surface area contributed by atoms with Gasteiger partial charge in [0.15, 0.2) is 0 Å². The molecule has 0 bridgehead atoms. The number of nitrogens with one attached hydrogen (secondary N) is 2. The van der Waals surface area contributed by atoms with E-state index in [1.54, 1.807) is 0 Å². The smallest absolute Gasteiger partial charge is 0.253 e. The molecule has 1 atom stereocenters. The molecule has 1 amide bonds. The van der Waals surface area contributed by atoms with Gasteiger partial charge in [-0.2, -0.15) is 0 Å². The zero-order chi connectivity index (χ0) is 14.6. The van der Waals surface area contributed by atoms with E-state index in [0.29, 0.717) is 0 Å². The van der Waals surface area contributed by atoms with Gasteiger partial charge < -0.3 is 10.6 Å². The van der Waals surface area contributed by atoms with Crippen molar-refractivity contribution in [3.8, 4) is 0 Å². The van der Waals surface area contributed by atoms with Crippen LogP contribution in [0.25, 0.3) is 0 Å². The van der Waals surface area contributed by atoms with Crippen molar-refractivity contribution >= 4 is 11.6 Å². The van der Waals surface area contributed by atoms with Gasteiger partial charge in [0.05, 0.1) is 5.56 Å². The molecule has 0 aliphatic heterocycles. The van der Waals surface area contributed by atoms with E-state index in [0.717, 1.165) is 24.2 Å². The standard InChI is InChI=1S/C17H26N2O/c1-4-18-14-10-6-5-9-13(14)16(20)19-15-11-7-8-12-17(15,2)3/h5-6,9-10,15,18H,4,7-8,11-12H2,1-3H3,(H,19,20). The summed E-state index contributed by atoms with van der Waals surface area (Å²) in [6.07, 6.45) is 4.76. The Morgan fingerprint density at radius 1 is 1.30 bits per heavy atom. The Morgan fingerprint density at radius 3 is 2.75 bits per heavy atom. The lowest BCUT2D eigenvalue weighted by Gasteiger charge is -2.39. The fraction of sp³-hybridized carbons (Fsp3) is 0.588. The third-order valence-corrected chi connectivity index (χ3v) is 4.35. The molecule has 110 valence electrons. The largest absolute Gasteiger partial charge is 0.385 e. The van der Waals surface area contributed by atoms with Crippen molar-refractivity contribution in [3.63, 3.8) is 0 Å². The zero-order valence-corrected chi connectivity index (χ0v) is 12.8. The maximum absolute atomic E-state index is 12.5. The average Bonchev–Trinajstić information content (AvgIpc) is 2.42. The molecular weight excluding hydrogens is 248 g/mol. The molecule has 1 aliphatic rings. The summed E-state index contributed by atoms with van der Waals surface area (Å²) in [6, 6.07) is 8.01. The Labute approximate surface area is 122 Å². The Balaban J connectivity index is 2.12. The number of benzene rings is 1. The van der Waals surface area contributed by atoms with E-state index in [-0.39, 0.29) is 17.4 Å². The SMILES string of the molecule is CCNc1ccccc1C(=O)NC1CCCCC1(C)C. The van der Waals surface area contributed by atoms with Crippen molar-refractivity contribution in [1.29, 1.82) is 0 Å². The summed E-state index contributed by atoms with van der Waals surface area (Å²) < 4.78 is 0. The predicted molar refractivity (Wildman–Crippen MR) is 84.1 cm³/mol. The minimum absolute atomic E-state index is 0.0431. The van der Waals surface area contributed by atoms with Gasteiger partial charge in [0.25, 0.3) is 5.91 Å². The van der Waals surface area contributed by atoms with E-state index in [1.807, 2.05) is 31.2 Å². The first-order valence-corrected chi connectivity index (χ1v) is 7.68. The third-order valence-electron chi connectivity index (χ3n) is 4.35. The molecule has 1 aromatic rings. The first-order chi connectivity index (χ1) is 9.54. The lowest BCUT2D eigenvalue weighted by molar-refractivity contribution is 0.0854. The molecule has 0 aromatic heterocycles. The van der Waals surface area contributed by atoms with Gasteiger partial charge in [0, 0.05) is 18.3 Å². The fourth-order valence-corrected chi connectivity index (χ4v) is 3.02. The molecule has 20 heavy (non-hydrogen) atoms. The molecule has 0 radical (unpaired) electrons. The molecule has 0 heterocycles. The van der Waals surface area contributed by atoms with Gasteiger partial charge in [-0.1, -0.05) is 38.8 Å². The number of carbonyl (C=O) groups is 1. The summed E-state index contributed by atoms with van der Waals surface area (Å²) in [5, 5.41) is 6.50. The van der Waals surface area contributed by atoms with Gasteiger partial charge in [-0.05, 0) is 37.3 Å². The second-order valence-electron chi connectivity index (χ2n) is 6.34. The molecular formula is C17H26N2O. The van der Waals surface area contributed by atoms with Crippen LogP contribution in [-0.2, 0) is 0 Å². The Morgan fingerprint density at radius 2 is 2.05 bits per heavy atom. The van der Waals surface area contributed by atoms with Crippen LogP contribution in [0, 0.1) is 5.41 Å². The normalized spacial score (nSPS) is 21.2. The van der Waals surface area contributed by atoms with Crippen LogP contribution in [0.2, 0.25) is 0 Å². The highest BCUT2D eigenvalue weighted by molar-refractivity contribution is 5.99. The van der Waals surface area contributed by atoms with Gasteiger partial charge in [0.2, 0.25) is 0 Å². The second kappa shape index (κ2) is 6.29. The van der Waals surface area contributed by atoms with Crippen LogP contribution in [0.5, 0.6) is 0 Å². The molecule has 1 saturated carbocycles. The second-order valence-corrected chi connectivity index (χ2v) is 6.34. The maximum atomic E-state index is 12.5. The molecule has 0 spiro atoms. The quantitative estimate of drug-likeness (QED) is 0.876. The van der Waals surface area contributed by atoms with E-state index in [9.17, 15) is 4.79 Å². The number of anilines is 1. The minimum Gasteiger partial charge on any atom is -0.385 e. The van der Waals surface area contributed by atoms with Crippen molar-refractivity contribution in [2.24, 2.45) is 5.41 Å². The molecule has 2 rings (SSSR count). The number of rotatable bonds is 4. The van der Waals surface area contributed by atoms with Crippen molar-refractivity contribution in [2.45, 2.75) is 52.5 Å². The van der Waals surface area contributed by atoms with Crippen LogP contribution in [0.1, 0.15) is 56.8 Å². The van der Waals surface area contributed by atoms with Crippen LogP contribution < -0.4 is 10.6 Å². The summed E-state index contributed by atoms with van der Waals surface area (Å²) in [5.74, 6) is 0.0431. The van der Waals surface area contributed by atoms with E-state index in [4.69, 9.17) is 0 Å². The zero-order valence-electron chi connectivity index (χ0n) is 12.8. The molecule has 2 N–H and O–H groups in total. The first-order valence-electron chi connectivity index (χ1n) is 7.68. The van der Waals surface area contributed by atoms with E-state index in [2.05, 4.69) is 24.5 Å². The lowest BCUT2D eigenvalue weighted by atomic mass is 9.73. The van der Waals surface area contributed by atoms with Gasteiger partial charge >= 0.3 is 0 Å². The van der Waals surface area contributed by atoms with Crippen LogP contribution in [0.15, 0.2) is 24.3 Å². The molecule has 3 heteroatoms. The van der Waals surface area contributed by atoms with E-state index < -0.39 is 0 Å². The van der Waals surface area contributed by atoms with E-state index in [1.165, 1.54) is 19.3 Å². The molecule has 0 saturated heterocycles. The Bertz CT molecular complexity index is 468. The number of hydrogen-bond acceptors (Lipinski definition) is 2. The summed E-state index contributed by atoms with van der Waals surface area (Å²) >= 11 is 0. The fourth-order valence-electron chi connectivity index (χ4n) is 3.02. The number of para-hydroxylation sites is 1. The molecule has 1 fully saturated rings. The third kappa shape index (κ3) is 3.33. The summed E-state index contributed by atoms with van der Waals surface area (Å²) in [4.78, 5) is 12.5. The lowest BCUT2D eigenvalue weighted by Crippen LogP contribution is -2.46. The summed E-state index contributed by atoms with van der Waals surface area (Å²) in [7, 11) is 0.